The lowest BCUT2D eigenvalue weighted by atomic mass is 9.96. The molecule has 1 aliphatic heterocycles. The Morgan fingerprint density at radius 1 is 1.36 bits per heavy atom. The summed E-state index contributed by atoms with van der Waals surface area (Å²) in [5.41, 5.74) is 0. The van der Waals surface area contributed by atoms with Crippen LogP contribution >= 0.6 is 8.53 Å². The maximum Gasteiger partial charge on any atom is 0.259 e. The topological polar surface area (TPSA) is 54.7 Å². The number of nitriles is 1. The molecule has 22 heavy (non-hydrogen) atoms. The molecule has 0 amide bonds. The fourth-order valence-corrected chi connectivity index (χ4v) is 4.39. The van der Waals surface area contributed by atoms with E-state index in [1.807, 2.05) is 0 Å². The average Bonchev–Trinajstić information content (AvgIpc) is 2.78. The van der Waals surface area contributed by atoms with Crippen molar-refractivity contribution in [3.8, 4) is 6.07 Å². The van der Waals surface area contributed by atoms with Crippen LogP contribution in [0.2, 0.25) is 0 Å². The van der Waals surface area contributed by atoms with E-state index < -0.39 is 8.53 Å². The van der Waals surface area contributed by atoms with Crippen LogP contribution in [0.25, 0.3) is 0 Å². The zero-order valence-electron chi connectivity index (χ0n) is 14.4. The fourth-order valence-electron chi connectivity index (χ4n) is 2.63. The quantitative estimate of drug-likeness (QED) is 0.369. The van der Waals surface area contributed by atoms with Gasteiger partial charge in [0.15, 0.2) is 0 Å². The normalized spacial score (nSPS) is 26.8. The van der Waals surface area contributed by atoms with Crippen molar-refractivity contribution < 1.29 is 13.8 Å². The van der Waals surface area contributed by atoms with Gasteiger partial charge in [-0.3, -0.25) is 0 Å². The van der Waals surface area contributed by atoms with E-state index in [-0.39, 0.29) is 18.2 Å². The summed E-state index contributed by atoms with van der Waals surface area (Å²) in [6.45, 7) is 11.0. The maximum atomic E-state index is 8.72. The molecule has 0 aliphatic carbocycles. The van der Waals surface area contributed by atoms with Gasteiger partial charge in [-0.25, -0.2) is 4.67 Å². The molecule has 1 heterocycles. The first kappa shape index (κ1) is 19.9. The van der Waals surface area contributed by atoms with E-state index in [1.165, 1.54) is 0 Å². The van der Waals surface area contributed by atoms with Gasteiger partial charge in [0, 0.05) is 18.1 Å². The molecule has 2 radical (unpaired) electrons. The van der Waals surface area contributed by atoms with Crippen LogP contribution < -0.4 is 0 Å². The zero-order chi connectivity index (χ0) is 16.7. The number of rotatable bonds is 9. The van der Waals surface area contributed by atoms with Gasteiger partial charge in [-0.15, -0.1) is 0 Å². The van der Waals surface area contributed by atoms with Gasteiger partial charge in [0.25, 0.3) is 8.53 Å². The molecule has 124 valence electrons. The number of ether oxygens (including phenoxy) is 1. The lowest BCUT2D eigenvalue weighted by Crippen LogP contribution is -2.35. The molecule has 1 fully saturated rings. The molecule has 0 bridgehead atoms. The third-order valence-electron chi connectivity index (χ3n) is 3.52. The molecular weight excluding hydrogens is 298 g/mol. The Hall–Kier alpha value is -0.175. The minimum absolute atomic E-state index is 0.0146. The van der Waals surface area contributed by atoms with Crippen molar-refractivity contribution in [2.24, 2.45) is 0 Å². The molecule has 5 nitrogen and oxygen atoms in total. The Kier molecular flexibility index (Phi) is 8.90. The van der Waals surface area contributed by atoms with E-state index in [2.05, 4.69) is 45.4 Å². The fraction of sp³-hybridized carbons (Fsp3) is 0.933. The van der Waals surface area contributed by atoms with Crippen LogP contribution in [0.15, 0.2) is 0 Å². The van der Waals surface area contributed by atoms with Crippen LogP contribution in [0.5, 0.6) is 0 Å². The second-order valence-corrected chi connectivity index (χ2v) is 7.45. The second kappa shape index (κ2) is 9.85. The van der Waals surface area contributed by atoms with E-state index in [4.69, 9.17) is 26.9 Å². The van der Waals surface area contributed by atoms with Gasteiger partial charge in [-0.2, -0.15) is 5.26 Å². The third kappa shape index (κ3) is 5.79. The molecule has 0 aromatic rings. The van der Waals surface area contributed by atoms with E-state index in [9.17, 15) is 0 Å². The Morgan fingerprint density at radius 2 is 2.00 bits per heavy atom. The van der Waals surface area contributed by atoms with Crippen molar-refractivity contribution in [2.45, 2.75) is 84.2 Å². The Morgan fingerprint density at radius 3 is 2.50 bits per heavy atom. The van der Waals surface area contributed by atoms with Gasteiger partial charge in [0.05, 0.1) is 31.3 Å². The van der Waals surface area contributed by atoms with Gasteiger partial charge in [0.1, 0.15) is 7.85 Å². The summed E-state index contributed by atoms with van der Waals surface area (Å²) in [6, 6.07) is 2.43. The minimum Gasteiger partial charge on any atom is -0.382 e. The van der Waals surface area contributed by atoms with Crippen molar-refractivity contribution in [1.29, 1.82) is 5.26 Å². The highest BCUT2D eigenvalue weighted by atomic mass is 31.2. The highest BCUT2D eigenvalue weighted by Gasteiger charge is 2.37. The van der Waals surface area contributed by atoms with Gasteiger partial charge < -0.3 is 13.8 Å². The van der Waals surface area contributed by atoms with Crippen LogP contribution in [0, 0.1) is 11.3 Å². The third-order valence-corrected chi connectivity index (χ3v) is 5.67. The first-order valence-corrected chi connectivity index (χ1v) is 9.19. The Balaban J connectivity index is 2.78. The molecule has 0 saturated carbocycles. The van der Waals surface area contributed by atoms with Crippen molar-refractivity contribution >= 4 is 16.4 Å². The van der Waals surface area contributed by atoms with Crippen LogP contribution in [0.4, 0.5) is 0 Å². The van der Waals surface area contributed by atoms with Crippen LogP contribution in [0.1, 0.15) is 53.9 Å². The largest absolute Gasteiger partial charge is 0.382 e. The van der Waals surface area contributed by atoms with E-state index in [1.54, 1.807) is 0 Å². The molecule has 4 atom stereocenters. The van der Waals surface area contributed by atoms with Crippen LogP contribution in [0.3, 0.4) is 0 Å². The molecule has 0 aromatic carbocycles. The molecule has 7 heteroatoms. The molecule has 1 rings (SSSR count). The summed E-state index contributed by atoms with van der Waals surface area (Å²) in [7, 11) is 4.66. The van der Waals surface area contributed by atoms with E-state index >= 15 is 0 Å². The maximum absolute atomic E-state index is 8.72. The van der Waals surface area contributed by atoms with E-state index in [0.717, 1.165) is 6.42 Å². The van der Waals surface area contributed by atoms with Gasteiger partial charge in [-0.05, 0) is 40.5 Å². The van der Waals surface area contributed by atoms with Crippen LogP contribution in [-0.2, 0) is 13.8 Å². The molecule has 0 aromatic heterocycles. The zero-order valence-corrected chi connectivity index (χ0v) is 15.3. The lowest BCUT2D eigenvalue weighted by Gasteiger charge is -2.37. The predicted octanol–water partition coefficient (Wildman–Crippen LogP) is 3.34. The number of hydrogen-bond acceptors (Lipinski definition) is 5. The smallest absolute Gasteiger partial charge is 0.259 e. The molecule has 1 saturated heterocycles. The summed E-state index contributed by atoms with van der Waals surface area (Å²) in [4.78, 5) is 0. The predicted molar refractivity (Wildman–Crippen MR) is 89.4 cm³/mol. The average molecular weight is 326 g/mol. The Bertz CT molecular complexity index is 357. The number of hydrogen-bond donors (Lipinski definition) is 0. The second-order valence-electron chi connectivity index (χ2n) is 6.05. The summed E-state index contributed by atoms with van der Waals surface area (Å²) in [6.07, 6.45) is 1.88. The number of nitrogens with zero attached hydrogens (tertiary/aromatic N) is 2. The minimum atomic E-state index is -1.23. The van der Waals surface area contributed by atoms with Crippen molar-refractivity contribution in [3.05, 3.63) is 0 Å². The first-order chi connectivity index (χ1) is 10.4. The molecule has 1 unspecified atom stereocenters. The van der Waals surface area contributed by atoms with Crippen molar-refractivity contribution in [1.82, 2.24) is 4.67 Å². The monoisotopic (exact) mass is 326 g/mol. The van der Waals surface area contributed by atoms with Crippen LogP contribution in [-0.4, -0.2) is 49.4 Å². The van der Waals surface area contributed by atoms with Crippen molar-refractivity contribution in [2.75, 3.05) is 6.61 Å². The first-order valence-electron chi connectivity index (χ1n) is 8.06. The highest BCUT2D eigenvalue weighted by Crippen LogP contribution is 2.49. The molecular formula is C15H28BN2O3P. The summed E-state index contributed by atoms with van der Waals surface area (Å²) >= 11 is 0. The Labute approximate surface area is 137 Å². The summed E-state index contributed by atoms with van der Waals surface area (Å²) in [5, 5.41) is 8.72. The molecule has 0 spiro atoms. The van der Waals surface area contributed by atoms with E-state index in [0.29, 0.717) is 31.5 Å². The van der Waals surface area contributed by atoms with Gasteiger partial charge in [-0.1, -0.05) is 6.92 Å². The molecule has 1 aliphatic rings. The summed E-state index contributed by atoms with van der Waals surface area (Å²) in [5.74, 6) is 0. The van der Waals surface area contributed by atoms with Gasteiger partial charge >= 0.3 is 0 Å². The SMILES string of the molecule is [B][C@H]1C[C@@H](OP(OCCC#N)N(C(C)C)C(C)C)[C@@H](CC)O1. The summed E-state index contributed by atoms with van der Waals surface area (Å²) < 4.78 is 20.1. The standard InChI is InChI=1S/C15H28BN2O3P/c1-6-13-14(10-15(16)20-13)21-22(19-9-7-8-17)18(11(2)3)12(4)5/h11-15H,6-7,9-10H2,1-5H3/t13-,14-,15-,22?/m1/s1. The molecule has 0 N–H and O–H groups in total. The van der Waals surface area contributed by atoms with Gasteiger partial charge in [0.2, 0.25) is 0 Å². The highest BCUT2D eigenvalue weighted by molar-refractivity contribution is 7.44. The van der Waals surface area contributed by atoms with Crippen molar-refractivity contribution in [3.63, 3.8) is 0 Å². The lowest BCUT2D eigenvalue weighted by molar-refractivity contribution is 0.0317.